The van der Waals surface area contributed by atoms with Crippen LogP contribution in [0.5, 0.6) is 5.75 Å². The maximum atomic E-state index is 13.2. The number of fused-ring (bicyclic) bond motifs is 1. The number of hydrogen-bond acceptors (Lipinski definition) is 5. The van der Waals surface area contributed by atoms with Crippen LogP contribution >= 0.6 is 11.6 Å². The number of halogens is 4. The second kappa shape index (κ2) is 6.57. The second-order valence-corrected chi connectivity index (χ2v) is 5.07. The van der Waals surface area contributed by atoms with Gasteiger partial charge in [0, 0.05) is 16.1 Å². The average molecular weight is 350 g/mol. The summed E-state index contributed by atoms with van der Waals surface area (Å²) >= 11 is 5.87. The molecule has 2 rings (SSSR count). The van der Waals surface area contributed by atoms with Crippen molar-refractivity contribution in [2.24, 2.45) is 5.18 Å². The van der Waals surface area contributed by atoms with Crippen LogP contribution in [0.25, 0.3) is 6.08 Å². The summed E-state index contributed by atoms with van der Waals surface area (Å²) in [5.74, 6) is -1.31. The van der Waals surface area contributed by atoms with Gasteiger partial charge in [0.2, 0.25) is 6.10 Å². The van der Waals surface area contributed by atoms with E-state index in [1.165, 1.54) is 19.1 Å². The number of ether oxygens (including phenoxy) is 2. The van der Waals surface area contributed by atoms with E-state index < -0.39 is 30.4 Å². The van der Waals surface area contributed by atoms with Crippen LogP contribution in [-0.4, -0.2) is 24.9 Å². The number of alkyl halides is 3. The molecule has 0 spiro atoms. The number of rotatable bonds is 4. The number of hydrogen-bond donors (Lipinski definition) is 0. The van der Waals surface area contributed by atoms with Crippen LogP contribution in [0.4, 0.5) is 13.2 Å². The van der Waals surface area contributed by atoms with Gasteiger partial charge in [-0.1, -0.05) is 16.8 Å². The highest BCUT2D eigenvalue weighted by Crippen LogP contribution is 2.41. The van der Waals surface area contributed by atoms with E-state index >= 15 is 0 Å². The Labute approximate surface area is 134 Å². The molecule has 0 N–H and O–H groups in total. The highest BCUT2D eigenvalue weighted by atomic mass is 35.5. The quantitative estimate of drug-likeness (QED) is 0.611. The van der Waals surface area contributed by atoms with E-state index in [0.29, 0.717) is 0 Å². The first kappa shape index (κ1) is 17.3. The number of carbonyl (C=O) groups excluding carboxylic acids is 1. The van der Waals surface area contributed by atoms with Crippen LogP contribution in [0.15, 0.2) is 22.9 Å². The zero-order valence-electron chi connectivity index (χ0n) is 11.8. The summed E-state index contributed by atoms with van der Waals surface area (Å²) < 4.78 is 49.2. The maximum Gasteiger partial charge on any atom is 0.430 e. The number of nitrogens with zero attached hydrogens (tertiary/aromatic N) is 1. The lowest BCUT2D eigenvalue weighted by Crippen LogP contribution is -2.41. The smallest absolute Gasteiger partial charge is 0.430 e. The van der Waals surface area contributed by atoms with Crippen molar-refractivity contribution in [3.63, 3.8) is 0 Å². The summed E-state index contributed by atoms with van der Waals surface area (Å²) in [6, 6.07) is 2.62. The average Bonchev–Trinajstić information content (AvgIpc) is 2.45. The van der Waals surface area contributed by atoms with Crippen LogP contribution in [0.2, 0.25) is 5.02 Å². The Balaban J connectivity index is 2.58. The molecule has 0 radical (unpaired) electrons. The van der Waals surface area contributed by atoms with E-state index in [4.69, 9.17) is 16.3 Å². The molecular formula is C14H11ClF3NO4. The van der Waals surface area contributed by atoms with E-state index in [-0.39, 0.29) is 28.5 Å². The molecular weight excluding hydrogens is 339 g/mol. The van der Waals surface area contributed by atoms with Crippen molar-refractivity contribution in [1.82, 2.24) is 0 Å². The van der Waals surface area contributed by atoms with Crippen molar-refractivity contribution in [1.29, 1.82) is 0 Å². The molecule has 0 aliphatic carbocycles. The Morgan fingerprint density at radius 1 is 1.43 bits per heavy atom. The van der Waals surface area contributed by atoms with E-state index in [0.717, 1.165) is 6.08 Å². The van der Waals surface area contributed by atoms with Crippen LogP contribution < -0.4 is 4.74 Å². The molecule has 124 valence electrons. The third-order valence-electron chi connectivity index (χ3n) is 3.03. The minimum Gasteiger partial charge on any atom is -0.475 e. The highest BCUT2D eigenvalue weighted by molar-refractivity contribution is 6.30. The van der Waals surface area contributed by atoms with Crippen LogP contribution in [0.1, 0.15) is 18.1 Å². The van der Waals surface area contributed by atoms with Gasteiger partial charge >= 0.3 is 12.1 Å². The first-order valence-electron chi connectivity index (χ1n) is 6.51. The fourth-order valence-corrected chi connectivity index (χ4v) is 2.41. The summed E-state index contributed by atoms with van der Waals surface area (Å²) in [5, 5.41) is 2.82. The zero-order chi connectivity index (χ0) is 17.2. The van der Waals surface area contributed by atoms with Crippen molar-refractivity contribution in [3.05, 3.63) is 38.8 Å². The van der Waals surface area contributed by atoms with Gasteiger partial charge in [-0.15, -0.1) is 0 Å². The Kier molecular flexibility index (Phi) is 4.93. The summed E-state index contributed by atoms with van der Waals surface area (Å²) in [7, 11) is 0. The number of carbonyl (C=O) groups is 1. The first-order valence-corrected chi connectivity index (χ1v) is 6.89. The van der Waals surface area contributed by atoms with Gasteiger partial charge in [-0.3, -0.25) is 0 Å². The van der Waals surface area contributed by atoms with Gasteiger partial charge in [0.1, 0.15) is 12.3 Å². The molecule has 5 nitrogen and oxygen atoms in total. The molecule has 9 heteroatoms. The number of esters is 1. The Bertz CT molecular complexity index is 673. The Hall–Kier alpha value is -2.09. The summed E-state index contributed by atoms with van der Waals surface area (Å²) in [5.41, 5.74) is -0.422. The highest BCUT2D eigenvalue weighted by Gasteiger charge is 2.49. The maximum absolute atomic E-state index is 13.2. The predicted octanol–water partition coefficient (Wildman–Crippen LogP) is 3.88. The minimum atomic E-state index is -4.83. The molecule has 0 saturated heterocycles. The molecule has 0 saturated carbocycles. The zero-order valence-corrected chi connectivity index (χ0v) is 12.6. The van der Waals surface area contributed by atoms with Crippen LogP contribution in [-0.2, 0) is 16.1 Å². The van der Waals surface area contributed by atoms with Gasteiger partial charge in [0.15, 0.2) is 0 Å². The SMILES string of the molecule is CCOC(=O)C1=Cc2cc(Cl)cc(CN=O)c2OC1C(F)(F)F. The van der Waals surface area contributed by atoms with Gasteiger partial charge in [-0.05, 0) is 25.1 Å². The normalized spacial score (nSPS) is 16.9. The summed E-state index contributed by atoms with van der Waals surface area (Å²) in [6.45, 7) is 0.989. The topological polar surface area (TPSA) is 65.0 Å². The van der Waals surface area contributed by atoms with Crippen molar-refractivity contribution in [2.75, 3.05) is 6.61 Å². The third-order valence-corrected chi connectivity index (χ3v) is 3.25. The van der Waals surface area contributed by atoms with E-state index in [1.54, 1.807) is 0 Å². The van der Waals surface area contributed by atoms with Crippen molar-refractivity contribution < 1.29 is 27.4 Å². The van der Waals surface area contributed by atoms with E-state index in [1.807, 2.05) is 0 Å². The minimum absolute atomic E-state index is 0.0799. The molecule has 1 heterocycles. The van der Waals surface area contributed by atoms with Gasteiger partial charge < -0.3 is 9.47 Å². The molecule has 0 fully saturated rings. The molecule has 1 aliphatic rings. The number of nitroso groups, excluding NO2 is 1. The lowest BCUT2D eigenvalue weighted by atomic mass is 9.98. The van der Waals surface area contributed by atoms with Gasteiger partial charge in [0.25, 0.3) is 0 Å². The Morgan fingerprint density at radius 3 is 2.70 bits per heavy atom. The second-order valence-electron chi connectivity index (χ2n) is 4.63. The third kappa shape index (κ3) is 3.64. The largest absolute Gasteiger partial charge is 0.475 e. The van der Waals surface area contributed by atoms with Gasteiger partial charge in [-0.25, -0.2) is 4.79 Å². The molecule has 1 atom stereocenters. The fourth-order valence-electron chi connectivity index (χ4n) is 2.16. The molecule has 1 aromatic carbocycles. The van der Waals surface area contributed by atoms with E-state index in [9.17, 15) is 22.9 Å². The lowest BCUT2D eigenvalue weighted by molar-refractivity contribution is -0.188. The molecule has 23 heavy (non-hydrogen) atoms. The van der Waals surface area contributed by atoms with E-state index in [2.05, 4.69) is 9.91 Å². The monoisotopic (exact) mass is 349 g/mol. The first-order chi connectivity index (χ1) is 10.8. The van der Waals surface area contributed by atoms with Gasteiger partial charge in [-0.2, -0.15) is 18.1 Å². The van der Waals surface area contributed by atoms with Crippen LogP contribution in [0.3, 0.4) is 0 Å². The van der Waals surface area contributed by atoms with Crippen molar-refractivity contribution in [2.45, 2.75) is 25.7 Å². The summed E-state index contributed by atoms with van der Waals surface area (Å²) in [6.07, 6.45) is -6.31. The standard InChI is InChI=1S/C14H11ClF3NO4/c1-2-22-13(20)10-5-7-3-9(15)4-8(6-19-21)11(7)23-12(10)14(16,17)18/h3-5,12H,2,6H2,1H3. The van der Waals surface area contributed by atoms with Crippen molar-refractivity contribution in [3.8, 4) is 5.75 Å². The molecule has 1 aromatic rings. The molecule has 0 amide bonds. The van der Waals surface area contributed by atoms with Crippen molar-refractivity contribution >= 4 is 23.6 Å². The lowest BCUT2D eigenvalue weighted by Gasteiger charge is -2.29. The molecule has 1 aliphatic heterocycles. The fraction of sp³-hybridized carbons (Fsp3) is 0.357. The predicted molar refractivity (Wildman–Crippen MR) is 76.0 cm³/mol. The van der Waals surface area contributed by atoms with Crippen LogP contribution in [0, 0.1) is 4.91 Å². The van der Waals surface area contributed by atoms with Gasteiger partial charge in [0.05, 0.1) is 12.2 Å². The molecule has 1 unspecified atom stereocenters. The summed E-state index contributed by atoms with van der Waals surface area (Å²) in [4.78, 5) is 22.2. The Morgan fingerprint density at radius 2 is 2.13 bits per heavy atom. The molecule has 0 aromatic heterocycles. The molecule has 0 bridgehead atoms. The number of benzene rings is 1.